The number of fused-ring (bicyclic) bond motifs is 5. The Morgan fingerprint density at radius 2 is 1.74 bits per heavy atom. The molecule has 0 spiro atoms. The minimum atomic E-state index is 0.174. The predicted molar refractivity (Wildman–Crippen MR) is 76.5 cm³/mol. The predicted octanol–water partition coefficient (Wildman–Crippen LogP) is 3.78. The smallest absolute Gasteiger partial charge is 0.231 e. The molecule has 1 aromatic carbocycles. The van der Waals surface area contributed by atoms with Crippen molar-refractivity contribution < 1.29 is 4.79 Å². The summed E-state index contributed by atoms with van der Waals surface area (Å²) < 4.78 is 0. The Morgan fingerprint density at radius 1 is 1.05 bits per heavy atom. The summed E-state index contributed by atoms with van der Waals surface area (Å²) in [6.45, 7) is 0.797. The number of halogens is 2. The zero-order valence-electron chi connectivity index (χ0n) is 10.2. The summed E-state index contributed by atoms with van der Waals surface area (Å²) >= 11 is 12.1. The van der Waals surface area contributed by atoms with Crippen LogP contribution < -0.4 is 4.90 Å². The third kappa shape index (κ3) is 1.66. The lowest BCUT2D eigenvalue weighted by Crippen LogP contribution is -2.29. The number of carbonyl (C=O) groups is 1. The van der Waals surface area contributed by atoms with Gasteiger partial charge < -0.3 is 4.90 Å². The summed E-state index contributed by atoms with van der Waals surface area (Å²) in [5.41, 5.74) is 0.830. The maximum Gasteiger partial charge on any atom is 0.231 e. The standard InChI is InChI=1S/C15H13Cl2NO/c16-10-4-11(17)6-12(5-10)18-7-13-8-1-2-9(3-8)14(13)15(18)19/h1-2,4-6,8-9,13-14H,3,7H2. The van der Waals surface area contributed by atoms with Crippen molar-refractivity contribution >= 4 is 34.8 Å². The molecule has 0 aromatic heterocycles. The maximum absolute atomic E-state index is 12.6. The topological polar surface area (TPSA) is 20.3 Å². The second-order valence-electron chi connectivity index (χ2n) is 5.71. The Kier molecular flexibility index (Phi) is 2.49. The molecular formula is C15H13Cl2NO. The molecule has 2 bridgehead atoms. The average Bonchev–Trinajstić information content (AvgIpc) is 3.00. The number of anilines is 1. The number of rotatable bonds is 1. The summed E-state index contributed by atoms with van der Waals surface area (Å²) in [5.74, 6) is 1.91. The molecule has 1 aromatic rings. The highest BCUT2D eigenvalue weighted by atomic mass is 35.5. The quantitative estimate of drug-likeness (QED) is 0.722. The molecule has 4 atom stereocenters. The van der Waals surface area contributed by atoms with Gasteiger partial charge in [-0.2, -0.15) is 0 Å². The van der Waals surface area contributed by atoms with Gasteiger partial charge in [0.25, 0.3) is 0 Å². The Hall–Kier alpha value is -0.990. The molecule has 4 heteroatoms. The number of nitrogens with zero attached hydrogens (tertiary/aromatic N) is 1. The first-order valence-electron chi connectivity index (χ1n) is 6.59. The summed E-state index contributed by atoms with van der Waals surface area (Å²) in [5, 5.41) is 1.15. The molecule has 1 heterocycles. The van der Waals surface area contributed by atoms with Gasteiger partial charge in [-0.05, 0) is 42.4 Å². The van der Waals surface area contributed by atoms with E-state index in [0.29, 0.717) is 27.8 Å². The van der Waals surface area contributed by atoms with Crippen LogP contribution in [0.2, 0.25) is 10.0 Å². The van der Waals surface area contributed by atoms with E-state index in [1.54, 1.807) is 6.07 Å². The van der Waals surface area contributed by atoms with Gasteiger partial charge in [-0.25, -0.2) is 0 Å². The Morgan fingerprint density at radius 3 is 2.42 bits per heavy atom. The van der Waals surface area contributed by atoms with Gasteiger partial charge in [-0.1, -0.05) is 35.4 Å². The summed E-state index contributed by atoms with van der Waals surface area (Å²) in [7, 11) is 0. The van der Waals surface area contributed by atoms with E-state index in [-0.39, 0.29) is 11.8 Å². The van der Waals surface area contributed by atoms with Gasteiger partial charge in [0.2, 0.25) is 5.91 Å². The first kappa shape index (κ1) is 11.8. The number of benzene rings is 1. The fourth-order valence-electron chi connectivity index (χ4n) is 3.95. The van der Waals surface area contributed by atoms with Crippen LogP contribution in [-0.4, -0.2) is 12.5 Å². The molecule has 2 fully saturated rings. The molecule has 4 unspecified atom stereocenters. The van der Waals surface area contributed by atoms with E-state index in [1.807, 2.05) is 17.0 Å². The summed E-state index contributed by atoms with van der Waals surface area (Å²) in [6, 6.07) is 5.34. The van der Waals surface area contributed by atoms with Gasteiger partial charge in [0.15, 0.2) is 0 Å². The molecule has 1 aliphatic heterocycles. The normalized spacial score (nSPS) is 35.3. The highest BCUT2D eigenvalue weighted by Gasteiger charge is 2.54. The summed E-state index contributed by atoms with van der Waals surface area (Å²) in [6.07, 6.45) is 5.66. The van der Waals surface area contributed by atoms with E-state index < -0.39 is 0 Å². The molecule has 98 valence electrons. The van der Waals surface area contributed by atoms with Gasteiger partial charge in [0.1, 0.15) is 0 Å². The van der Waals surface area contributed by atoms with Crippen molar-refractivity contribution in [3.05, 3.63) is 40.4 Å². The second-order valence-corrected chi connectivity index (χ2v) is 6.59. The molecule has 2 nitrogen and oxygen atoms in total. The van der Waals surface area contributed by atoms with Gasteiger partial charge in [-0.15, -0.1) is 0 Å². The van der Waals surface area contributed by atoms with E-state index in [2.05, 4.69) is 12.2 Å². The number of amides is 1. The largest absolute Gasteiger partial charge is 0.312 e. The number of hydrogen-bond acceptors (Lipinski definition) is 1. The lowest BCUT2D eigenvalue weighted by molar-refractivity contribution is -0.121. The monoisotopic (exact) mass is 293 g/mol. The van der Waals surface area contributed by atoms with E-state index in [9.17, 15) is 4.79 Å². The van der Waals surface area contributed by atoms with E-state index in [4.69, 9.17) is 23.2 Å². The van der Waals surface area contributed by atoms with Gasteiger partial charge in [0, 0.05) is 28.2 Å². The van der Waals surface area contributed by atoms with Crippen molar-refractivity contribution in [3.63, 3.8) is 0 Å². The molecule has 4 rings (SSSR count). The van der Waals surface area contributed by atoms with Crippen LogP contribution in [-0.2, 0) is 4.79 Å². The molecule has 2 aliphatic carbocycles. The van der Waals surface area contributed by atoms with Crippen LogP contribution in [0.25, 0.3) is 0 Å². The van der Waals surface area contributed by atoms with Gasteiger partial charge in [0.05, 0.1) is 0 Å². The van der Waals surface area contributed by atoms with Crippen molar-refractivity contribution in [3.8, 4) is 0 Å². The van der Waals surface area contributed by atoms with Gasteiger partial charge >= 0.3 is 0 Å². The van der Waals surface area contributed by atoms with E-state index >= 15 is 0 Å². The first-order valence-corrected chi connectivity index (χ1v) is 7.35. The molecule has 19 heavy (non-hydrogen) atoms. The lowest BCUT2D eigenvalue weighted by atomic mass is 9.86. The zero-order valence-corrected chi connectivity index (χ0v) is 11.7. The van der Waals surface area contributed by atoms with Crippen molar-refractivity contribution in [2.45, 2.75) is 6.42 Å². The minimum Gasteiger partial charge on any atom is -0.312 e. The zero-order chi connectivity index (χ0) is 13.1. The van der Waals surface area contributed by atoms with Crippen LogP contribution in [0.15, 0.2) is 30.4 Å². The van der Waals surface area contributed by atoms with Gasteiger partial charge in [-0.3, -0.25) is 4.79 Å². The SMILES string of the molecule is O=C1C2C3C=CC(C3)C2CN1c1cc(Cl)cc(Cl)c1. The van der Waals surface area contributed by atoms with Crippen LogP contribution in [0.3, 0.4) is 0 Å². The van der Waals surface area contributed by atoms with Crippen molar-refractivity contribution in [1.82, 2.24) is 0 Å². The molecule has 0 radical (unpaired) electrons. The third-order valence-electron chi connectivity index (χ3n) is 4.73. The van der Waals surface area contributed by atoms with Crippen LogP contribution in [0, 0.1) is 23.7 Å². The number of hydrogen-bond donors (Lipinski definition) is 0. The first-order chi connectivity index (χ1) is 9.13. The second kappa shape index (κ2) is 4.00. The van der Waals surface area contributed by atoms with Crippen LogP contribution in [0.4, 0.5) is 5.69 Å². The average molecular weight is 294 g/mol. The van der Waals surface area contributed by atoms with Crippen molar-refractivity contribution in [2.24, 2.45) is 23.7 Å². The molecular weight excluding hydrogens is 281 g/mol. The molecule has 1 amide bonds. The highest BCUT2D eigenvalue weighted by Crippen LogP contribution is 2.52. The molecule has 1 saturated carbocycles. The lowest BCUT2D eigenvalue weighted by Gasteiger charge is -2.19. The third-order valence-corrected chi connectivity index (χ3v) is 5.16. The van der Waals surface area contributed by atoms with E-state index in [1.165, 1.54) is 0 Å². The Balaban J connectivity index is 1.70. The highest BCUT2D eigenvalue weighted by molar-refractivity contribution is 6.35. The van der Waals surface area contributed by atoms with Crippen LogP contribution >= 0.6 is 23.2 Å². The fourth-order valence-corrected chi connectivity index (χ4v) is 4.46. The maximum atomic E-state index is 12.6. The summed E-state index contributed by atoms with van der Waals surface area (Å²) in [4.78, 5) is 14.5. The Bertz CT molecular complexity index is 578. The minimum absolute atomic E-state index is 0.174. The van der Waals surface area contributed by atoms with Crippen molar-refractivity contribution in [1.29, 1.82) is 0 Å². The van der Waals surface area contributed by atoms with E-state index in [0.717, 1.165) is 18.7 Å². The van der Waals surface area contributed by atoms with Crippen molar-refractivity contribution in [2.75, 3.05) is 11.4 Å². The van der Waals surface area contributed by atoms with Crippen LogP contribution in [0.5, 0.6) is 0 Å². The van der Waals surface area contributed by atoms with Crippen LogP contribution in [0.1, 0.15) is 6.42 Å². The fraction of sp³-hybridized carbons (Fsp3) is 0.400. The Labute approximate surface area is 122 Å². The number of carbonyl (C=O) groups excluding carboxylic acids is 1. The molecule has 1 saturated heterocycles. The molecule has 3 aliphatic rings. The number of allylic oxidation sites excluding steroid dienone is 2. The molecule has 0 N–H and O–H groups in total.